The van der Waals surface area contributed by atoms with E-state index >= 15 is 0 Å². The molecule has 0 saturated heterocycles. The first-order valence-corrected chi connectivity index (χ1v) is 9.89. The van der Waals surface area contributed by atoms with Gasteiger partial charge in [-0.15, -0.1) is 0 Å². The Morgan fingerprint density at radius 3 is 2.70 bits per heavy atom. The Kier molecular flexibility index (Phi) is 4.52. The second-order valence-corrected chi connectivity index (χ2v) is 7.65. The monoisotopic (exact) mass is 415 g/mol. The molecule has 0 saturated carbocycles. The molecule has 3 aromatic heterocycles. The van der Waals surface area contributed by atoms with Gasteiger partial charge in [0.2, 0.25) is 0 Å². The number of hydrogen-bond acceptors (Lipinski definition) is 3. The van der Waals surface area contributed by atoms with Crippen LogP contribution in [0.2, 0.25) is 5.02 Å². The molecule has 0 fully saturated rings. The fourth-order valence-electron chi connectivity index (χ4n) is 3.93. The average Bonchev–Trinajstić information content (AvgIpc) is 3.46. The Balaban J connectivity index is 1.78. The van der Waals surface area contributed by atoms with Crippen LogP contribution in [0.4, 0.5) is 0 Å². The summed E-state index contributed by atoms with van der Waals surface area (Å²) in [6.07, 6.45) is 8.89. The summed E-state index contributed by atoms with van der Waals surface area (Å²) < 4.78 is 9.05. The van der Waals surface area contributed by atoms with Crippen molar-refractivity contribution in [2.24, 2.45) is 7.05 Å². The van der Waals surface area contributed by atoms with Crippen molar-refractivity contribution in [1.29, 1.82) is 0 Å². The number of fused-ring (bicyclic) bond motifs is 1. The van der Waals surface area contributed by atoms with Gasteiger partial charge in [-0.3, -0.25) is 4.79 Å². The van der Waals surface area contributed by atoms with Crippen molar-refractivity contribution in [3.8, 4) is 11.1 Å². The lowest BCUT2D eigenvalue weighted by atomic mass is 9.95. The number of halogens is 1. The van der Waals surface area contributed by atoms with E-state index in [0.717, 1.165) is 33.2 Å². The van der Waals surface area contributed by atoms with Crippen molar-refractivity contribution in [1.82, 2.24) is 14.1 Å². The van der Waals surface area contributed by atoms with E-state index in [1.54, 1.807) is 42.7 Å². The number of aryl methyl sites for hydroxylation is 1. The van der Waals surface area contributed by atoms with Gasteiger partial charge in [-0.2, -0.15) is 0 Å². The van der Waals surface area contributed by atoms with Crippen LogP contribution in [0.5, 0.6) is 0 Å². The van der Waals surface area contributed by atoms with Crippen molar-refractivity contribution >= 4 is 22.5 Å². The van der Waals surface area contributed by atoms with E-state index in [4.69, 9.17) is 16.0 Å². The molecule has 0 aliphatic heterocycles. The molecule has 0 N–H and O–H groups in total. The molecule has 0 spiro atoms. The van der Waals surface area contributed by atoms with E-state index in [2.05, 4.69) is 11.1 Å². The first kappa shape index (κ1) is 18.5. The molecule has 30 heavy (non-hydrogen) atoms. The molecule has 5 rings (SSSR count). The molecule has 148 valence electrons. The first-order valence-electron chi connectivity index (χ1n) is 9.51. The highest BCUT2D eigenvalue weighted by Crippen LogP contribution is 2.33. The van der Waals surface area contributed by atoms with Gasteiger partial charge in [0, 0.05) is 41.5 Å². The van der Waals surface area contributed by atoms with E-state index in [1.165, 1.54) is 0 Å². The third-order valence-electron chi connectivity index (χ3n) is 5.40. The van der Waals surface area contributed by atoms with Crippen LogP contribution in [0.25, 0.3) is 22.0 Å². The maximum atomic E-state index is 12.6. The number of rotatable bonds is 4. The molecule has 1 unspecified atom stereocenters. The highest BCUT2D eigenvalue weighted by Gasteiger charge is 2.19. The largest absolute Gasteiger partial charge is 0.472 e. The quantitative estimate of drug-likeness (QED) is 0.401. The van der Waals surface area contributed by atoms with Crippen molar-refractivity contribution in [2.45, 2.75) is 6.04 Å². The van der Waals surface area contributed by atoms with Gasteiger partial charge in [-0.1, -0.05) is 29.8 Å². The molecule has 0 amide bonds. The predicted octanol–water partition coefficient (Wildman–Crippen LogP) is 5.29. The van der Waals surface area contributed by atoms with E-state index in [9.17, 15) is 4.79 Å². The smallest absolute Gasteiger partial charge is 0.251 e. The fraction of sp³-hybridized carbons (Fsp3) is 0.0833. The molecule has 0 aliphatic rings. The number of aromatic nitrogens is 3. The number of benzene rings is 2. The van der Waals surface area contributed by atoms with Crippen molar-refractivity contribution in [3.05, 3.63) is 112 Å². The second kappa shape index (κ2) is 7.35. The molecule has 6 heteroatoms. The van der Waals surface area contributed by atoms with Gasteiger partial charge in [0.25, 0.3) is 5.56 Å². The molecule has 0 bridgehead atoms. The van der Waals surface area contributed by atoms with E-state index in [1.807, 2.05) is 53.2 Å². The number of furan rings is 1. The zero-order chi connectivity index (χ0) is 20.7. The molecule has 5 aromatic rings. The molecule has 0 radical (unpaired) electrons. The van der Waals surface area contributed by atoms with Crippen LogP contribution in [0, 0.1) is 0 Å². The van der Waals surface area contributed by atoms with Gasteiger partial charge >= 0.3 is 0 Å². The maximum absolute atomic E-state index is 12.6. The lowest BCUT2D eigenvalue weighted by molar-refractivity contribution is 0.556. The average molecular weight is 416 g/mol. The lowest BCUT2D eigenvalue weighted by Gasteiger charge is -2.19. The van der Waals surface area contributed by atoms with E-state index in [-0.39, 0.29) is 11.6 Å². The van der Waals surface area contributed by atoms with Crippen LogP contribution < -0.4 is 5.56 Å². The van der Waals surface area contributed by atoms with Gasteiger partial charge < -0.3 is 13.6 Å². The Morgan fingerprint density at radius 2 is 1.97 bits per heavy atom. The molecule has 0 aliphatic carbocycles. The summed E-state index contributed by atoms with van der Waals surface area (Å²) in [4.78, 5) is 16.8. The van der Waals surface area contributed by atoms with Gasteiger partial charge in [-0.25, -0.2) is 4.98 Å². The van der Waals surface area contributed by atoms with Crippen LogP contribution in [-0.2, 0) is 7.05 Å². The van der Waals surface area contributed by atoms with Crippen LogP contribution in [0.3, 0.4) is 0 Å². The minimum absolute atomic E-state index is 0.0637. The third-order valence-corrected chi connectivity index (χ3v) is 5.64. The van der Waals surface area contributed by atoms with Gasteiger partial charge in [-0.05, 0) is 47.0 Å². The number of hydrogen-bond donors (Lipinski definition) is 0. The molecule has 3 heterocycles. The molecular formula is C24H18ClN3O2. The minimum Gasteiger partial charge on any atom is -0.472 e. The minimum atomic E-state index is -0.0971. The number of imidazole rings is 1. The zero-order valence-corrected chi connectivity index (χ0v) is 17.0. The molecule has 2 aromatic carbocycles. The summed E-state index contributed by atoms with van der Waals surface area (Å²) in [6.45, 7) is 0. The van der Waals surface area contributed by atoms with Crippen LogP contribution in [0.1, 0.15) is 17.2 Å². The van der Waals surface area contributed by atoms with Gasteiger partial charge in [0.1, 0.15) is 0 Å². The summed E-state index contributed by atoms with van der Waals surface area (Å²) >= 11 is 6.23. The van der Waals surface area contributed by atoms with Crippen LogP contribution >= 0.6 is 11.6 Å². The third kappa shape index (κ3) is 3.13. The highest BCUT2D eigenvalue weighted by atomic mass is 35.5. The normalized spacial score (nSPS) is 12.3. The van der Waals surface area contributed by atoms with Gasteiger partial charge in [0.15, 0.2) is 0 Å². The summed E-state index contributed by atoms with van der Waals surface area (Å²) in [6, 6.07) is 17.3. The number of pyridine rings is 1. The molecular weight excluding hydrogens is 398 g/mol. The van der Waals surface area contributed by atoms with E-state index in [0.29, 0.717) is 5.02 Å². The van der Waals surface area contributed by atoms with Crippen LogP contribution in [-0.4, -0.2) is 14.1 Å². The summed E-state index contributed by atoms with van der Waals surface area (Å²) in [5.74, 6) is 0. The standard InChI is InChI=1S/C24H18ClN3O2/c1-27-22-6-5-17(24(18-7-10-30-14-18)28-9-8-26-15-28)12-21(22)20(13-23(27)29)16-3-2-4-19(25)11-16/h2-15,24H,1H3. The van der Waals surface area contributed by atoms with Crippen LogP contribution in [0.15, 0.2) is 95.1 Å². The Labute approximate surface area is 177 Å². The van der Waals surface area contributed by atoms with Crippen molar-refractivity contribution in [3.63, 3.8) is 0 Å². The summed E-state index contributed by atoms with van der Waals surface area (Å²) in [5.41, 5.74) is 4.63. The van der Waals surface area contributed by atoms with E-state index < -0.39 is 0 Å². The predicted molar refractivity (Wildman–Crippen MR) is 118 cm³/mol. The fourth-order valence-corrected chi connectivity index (χ4v) is 4.12. The topological polar surface area (TPSA) is 53.0 Å². The van der Waals surface area contributed by atoms with Gasteiger partial charge in [0.05, 0.1) is 30.4 Å². The van der Waals surface area contributed by atoms with Crippen molar-refractivity contribution in [2.75, 3.05) is 0 Å². The molecule has 1 atom stereocenters. The second-order valence-electron chi connectivity index (χ2n) is 7.21. The Bertz CT molecular complexity index is 1350. The summed E-state index contributed by atoms with van der Waals surface area (Å²) in [7, 11) is 1.79. The molecule has 5 nitrogen and oxygen atoms in total. The Morgan fingerprint density at radius 1 is 1.07 bits per heavy atom. The zero-order valence-electron chi connectivity index (χ0n) is 16.2. The van der Waals surface area contributed by atoms with Crippen molar-refractivity contribution < 1.29 is 4.42 Å². The summed E-state index contributed by atoms with van der Waals surface area (Å²) in [5, 5.41) is 1.61. The SMILES string of the molecule is Cn1c(=O)cc(-c2cccc(Cl)c2)c2cc(C(c3ccoc3)n3ccnc3)ccc21. The first-order chi connectivity index (χ1) is 14.6. The maximum Gasteiger partial charge on any atom is 0.251 e. The number of nitrogens with zero attached hydrogens (tertiary/aromatic N) is 3. The highest BCUT2D eigenvalue weighted by molar-refractivity contribution is 6.30. The Hall–Kier alpha value is -3.57. The lowest BCUT2D eigenvalue weighted by Crippen LogP contribution is -2.17.